The van der Waals surface area contributed by atoms with E-state index in [1.54, 1.807) is 0 Å². The number of fused-ring (bicyclic) bond motifs is 1. The molecule has 2 N–H and O–H groups in total. The minimum absolute atomic E-state index is 0.161. The first-order valence-electron chi connectivity index (χ1n) is 4.35. The number of hydrogen-bond donors (Lipinski definition) is 2. The third-order valence-corrected chi connectivity index (χ3v) is 2.45. The van der Waals surface area contributed by atoms with Crippen molar-refractivity contribution < 1.29 is 9.90 Å². The SMILES string of the molecule is CN1CCN(C)c2c1n[nH]c2C(=O)O. The van der Waals surface area contributed by atoms with Crippen LogP contribution in [0, 0.1) is 0 Å². The molecule has 0 aliphatic carbocycles. The van der Waals surface area contributed by atoms with Crippen molar-refractivity contribution in [2.24, 2.45) is 0 Å². The maximum Gasteiger partial charge on any atom is 0.356 e. The quantitative estimate of drug-likeness (QED) is 0.661. The van der Waals surface area contributed by atoms with Gasteiger partial charge in [-0.2, -0.15) is 5.10 Å². The van der Waals surface area contributed by atoms with Crippen LogP contribution in [0.1, 0.15) is 10.5 Å². The first-order valence-corrected chi connectivity index (χ1v) is 4.35. The Morgan fingerprint density at radius 1 is 1.43 bits per heavy atom. The molecule has 0 unspecified atom stereocenters. The number of anilines is 2. The van der Waals surface area contributed by atoms with Gasteiger partial charge in [-0.15, -0.1) is 0 Å². The van der Waals surface area contributed by atoms with Crippen LogP contribution in [0.2, 0.25) is 0 Å². The zero-order valence-electron chi connectivity index (χ0n) is 8.11. The first kappa shape index (κ1) is 8.86. The minimum Gasteiger partial charge on any atom is -0.476 e. The lowest BCUT2D eigenvalue weighted by molar-refractivity contribution is 0.0691. The summed E-state index contributed by atoms with van der Waals surface area (Å²) >= 11 is 0. The van der Waals surface area contributed by atoms with Crippen molar-refractivity contribution in [1.82, 2.24) is 10.2 Å². The van der Waals surface area contributed by atoms with Crippen LogP contribution in [-0.2, 0) is 0 Å². The van der Waals surface area contributed by atoms with Gasteiger partial charge in [-0.3, -0.25) is 5.10 Å². The van der Waals surface area contributed by atoms with E-state index in [0.29, 0.717) is 11.5 Å². The normalized spacial score (nSPS) is 15.6. The molecule has 0 amide bonds. The Morgan fingerprint density at radius 3 is 2.71 bits per heavy atom. The monoisotopic (exact) mass is 196 g/mol. The summed E-state index contributed by atoms with van der Waals surface area (Å²) in [5, 5.41) is 15.4. The number of nitrogens with one attached hydrogen (secondary N) is 1. The van der Waals surface area contributed by atoms with E-state index in [-0.39, 0.29) is 5.69 Å². The number of rotatable bonds is 1. The molecule has 0 bridgehead atoms. The number of carbonyl (C=O) groups is 1. The molecule has 0 saturated carbocycles. The van der Waals surface area contributed by atoms with Crippen molar-refractivity contribution >= 4 is 17.5 Å². The van der Waals surface area contributed by atoms with Crippen LogP contribution in [0.4, 0.5) is 11.5 Å². The van der Waals surface area contributed by atoms with Crippen molar-refractivity contribution in [3.05, 3.63) is 5.69 Å². The van der Waals surface area contributed by atoms with Crippen LogP contribution in [0.15, 0.2) is 0 Å². The number of hydrogen-bond acceptors (Lipinski definition) is 4. The highest BCUT2D eigenvalue weighted by molar-refractivity contribution is 5.96. The Morgan fingerprint density at radius 2 is 2.07 bits per heavy atom. The molecule has 0 spiro atoms. The number of aromatic amines is 1. The van der Waals surface area contributed by atoms with E-state index in [0.717, 1.165) is 13.1 Å². The molecule has 14 heavy (non-hydrogen) atoms. The van der Waals surface area contributed by atoms with Crippen molar-refractivity contribution in [3.63, 3.8) is 0 Å². The van der Waals surface area contributed by atoms with Gasteiger partial charge in [-0.05, 0) is 0 Å². The number of carboxylic acids is 1. The number of carboxylic acid groups (broad SMARTS) is 1. The molecule has 0 radical (unpaired) electrons. The molecular formula is C8H12N4O2. The topological polar surface area (TPSA) is 72.5 Å². The summed E-state index contributed by atoms with van der Waals surface area (Å²) in [6.45, 7) is 1.66. The van der Waals surface area contributed by atoms with Gasteiger partial charge in [-0.1, -0.05) is 0 Å². The lowest BCUT2D eigenvalue weighted by atomic mass is 10.2. The minimum atomic E-state index is -0.971. The number of H-pyrrole nitrogens is 1. The molecule has 0 aromatic carbocycles. The van der Waals surface area contributed by atoms with Gasteiger partial charge in [0.05, 0.1) is 0 Å². The fraction of sp³-hybridized carbons (Fsp3) is 0.500. The summed E-state index contributed by atoms with van der Waals surface area (Å²) in [5.41, 5.74) is 0.834. The maximum atomic E-state index is 10.9. The zero-order chi connectivity index (χ0) is 10.3. The predicted octanol–water partition coefficient (Wildman–Crippen LogP) is -0.00610. The largest absolute Gasteiger partial charge is 0.476 e. The van der Waals surface area contributed by atoms with E-state index >= 15 is 0 Å². The molecule has 0 atom stereocenters. The molecule has 1 aliphatic rings. The van der Waals surface area contributed by atoms with Crippen LogP contribution < -0.4 is 9.80 Å². The van der Waals surface area contributed by atoms with Crippen molar-refractivity contribution in [2.45, 2.75) is 0 Å². The molecule has 1 aromatic heterocycles. The molecule has 1 aromatic rings. The summed E-state index contributed by atoms with van der Waals surface area (Å²) in [7, 11) is 3.77. The van der Waals surface area contributed by atoms with Crippen molar-refractivity contribution in [3.8, 4) is 0 Å². The molecule has 0 saturated heterocycles. The van der Waals surface area contributed by atoms with Gasteiger partial charge in [0.2, 0.25) is 0 Å². The van der Waals surface area contributed by atoms with Gasteiger partial charge in [0.1, 0.15) is 5.69 Å². The molecule has 6 heteroatoms. The highest BCUT2D eigenvalue weighted by Crippen LogP contribution is 2.32. The number of aromatic carboxylic acids is 1. The lowest BCUT2D eigenvalue weighted by Crippen LogP contribution is -2.37. The number of nitrogens with zero attached hydrogens (tertiary/aromatic N) is 3. The van der Waals surface area contributed by atoms with Gasteiger partial charge < -0.3 is 14.9 Å². The van der Waals surface area contributed by atoms with Gasteiger partial charge in [-0.25, -0.2) is 4.79 Å². The molecule has 1 aliphatic heterocycles. The van der Waals surface area contributed by atoms with Gasteiger partial charge in [0.25, 0.3) is 0 Å². The standard InChI is InChI=1S/C8H12N4O2/c1-11-3-4-12(2)7-6(11)5(8(13)14)9-10-7/h3-4H2,1-2H3,(H,9,10)(H,13,14). The number of aromatic nitrogens is 2. The molecule has 0 fully saturated rings. The van der Waals surface area contributed by atoms with E-state index in [1.165, 1.54) is 0 Å². The van der Waals surface area contributed by atoms with E-state index in [2.05, 4.69) is 10.2 Å². The Bertz CT molecular complexity index is 373. The van der Waals surface area contributed by atoms with Crippen LogP contribution in [-0.4, -0.2) is 48.5 Å². The van der Waals surface area contributed by atoms with Gasteiger partial charge >= 0.3 is 5.97 Å². The third-order valence-electron chi connectivity index (χ3n) is 2.45. The van der Waals surface area contributed by atoms with E-state index in [4.69, 9.17) is 5.11 Å². The van der Waals surface area contributed by atoms with Crippen LogP contribution in [0.25, 0.3) is 0 Å². The second kappa shape index (κ2) is 2.90. The highest BCUT2D eigenvalue weighted by atomic mass is 16.4. The average molecular weight is 196 g/mol. The Hall–Kier alpha value is -1.72. The van der Waals surface area contributed by atoms with E-state index in [9.17, 15) is 4.79 Å². The van der Waals surface area contributed by atoms with Crippen LogP contribution in [0.3, 0.4) is 0 Å². The Labute approximate surface area is 81.1 Å². The summed E-state index contributed by atoms with van der Waals surface area (Å²) in [6.07, 6.45) is 0. The van der Waals surface area contributed by atoms with Gasteiger partial charge in [0.15, 0.2) is 11.5 Å². The predicted molar refractivity (Wildman–Crippen MR) is 52.1 cm³/mol. The van der Waals surface area contributed by atoms with Gasteiger partial charge in [0, 0.05) is 27.2 Å². The van der Waals surface area contributed by atoms with Crippen LogP contribution >= 0.6 is 0 Å². The molecule has 76 valence electrons. The first-order chi connectivity index (χ1) is 6.61. The second-order valence-corrected chi connectivity index (χ2v) is 3.42. The fourth-order valence-corrected chi connectivity index (χ4v) is 1.62. The second-order valence-electron chi connectivity index (χ2n) is 3.42. The summed E-state index contributed by atoms with van der Waals surface area (Å²) in [5.74, 6) is -0.267. The third kappa shape index (κ3) is 1.11. The van der Waals surface area contributed by atoms with Crippen molar-refractivity contribution in [1.29, 1.82) is 0 Å². The summed E-state index contributed by atoms with van der Waals surface area (Å²) in [6, 6.07) is 0. The van der Waals surface area contributed by atoms with E-state index < -0.39 is 5.97 Å². The van der Waals surface area contributed by atoms with Crippen LogP contribution in [0.5, 0.6) is 0 Å². The molecule has 2 heterocycles. The smallest absolute Gasteiger partial charge is 0.356 e. The Balaban J connectivity index is 2.53. The fourth-order valence-electron chi connectivity index (χ4n) is 1.62. The summed E-state index contributed by atoms with van der Waals surface area (Å²) in [4.78, 5) is 14.7. The molecule has 2 rings (SSSR count). The van der Waals surface area contributed by atoms with Crippen molar-refractivity contribution in [2.75, 3.05) is 37.0 Å². The molecule has 6 nitrogen and oxygen atoms in total. The average Bonchev–Trinajstić information content (AvgIpc) is 2.56. The van der Waals surface area contributed by atoms with E-state index in [1.807, 2.05) is 23.9 Å². The highest BCUT2D eigenvalue weighted by Gasteiger charge is 2.27. The zero-order valence-corrected chi connectivity index (χ0v) is 8.11. The Kier molecular flexibility index (Phi) is 1.83. The number of likely N-dealkylation sites (N-methyl/N-ethyl adjacent to an activating group) is 2. The summed E-state index contributed by atoms with van der Waals surface area (Å²) < 4.78 is 0. The maximum absolute atomic E-state index is 10.9. The lowest BCUT2D eigenvalue weighted by Gasteiger charge is -2.30. The molecular weight excluding hydrogens is 184 g/mol.